The molecule has 0 saturated heterocycles. The van der Waals surface area contributed by atoms with Crippen LogP contribution in [0.4, 0.5) is 0 Å². The average molecular weight is 252 g/mol. The van der Waals surface area contributed by atoms with Crippen molar-refractivity contribution in [2.24, 2.45) is 5.73 Å². The van der Waals surface area contributed by atoms with Crippen molar-refractivity contribution in [1.82, 2.24) is 5.32 Å². The molecule has 6 nitrogen and oxygen atoms in total. The summed E-state index contributed by atoms with van der Waals surface area (Å²) in [7, 11) is 1.58. The van der Waals surface area contributed by atoms with Gasteiger partial charge >= 0.3 is 5.97 Å². The van der Waals surface area contributed by atoms with Crippen LogP contribution in [-0.4, -0.2) is 32.1 Å². The quantitative estimate of drug-likeness (QED) is 0.518. The van der Waals surface area contributed by atoms with Crippen molar-refractivity contribution >= 4 is 12.4 Å². The lowest BCUT2D eigenvalue weighted by molar-refractivity contribution is -0.146. The summed E-state index contributed by atoms with van der Waals surface area (Å²) in [5.74, 6) is 0.178. The van der Waals surface area contributed by atoms with Gasteiger partial charge in [-0.2, -0.15) is 0 Å². The molecule has 0 bridgehead atoms. The summed E-state index contributed by atoms with van der Waals surface area (Å²) in [4.78, 5) is 21.5. The van der Waals surface area contributed by atoms with Crippen LogP contribution in [0.25, 0.3) is 0 Å². The number of amides is 1. The first kappa shape index (κ1) is 14.0. The monoisotopic (exact) mass is 252 g/mol. The second-order valence-electron chi connectivity index (χ2n) is 3.59. The van der Waals surface area contributed by atoms with E-state index in [0.717, 1.165) is 11.3 Å². The van der Waals surface area contributed by atoms with E-state index < -0.39 is 12.0 Å². The molecule has 98 valence electrons. The van der Waals surface area contributed by atoms with E-state index in [0.29, 0.717) is 6.41 Å². The zero-order valence-corrected chi connectivity index (χ0v) is 10.1. The van der Waals surface area contributed by atoms with E-state index in [1.165, 1.54) is 0 Å². The fourth-order valence-electron chi connectivity index (χ4n) is 1.24. The Morgan fingerprint density at radius 2 is 2.11 bits per heavy atom. The number of esters is 1. The van der Waals surface area contributed by atoms with Crippen LogP contribution in [0.15, 0.2) is 24.3 Å². The van der Waals surface area contributed by atoms with Gasteiger partial charge in [0.15, 0.2) is 0 Å². The molecule has 6 heteroatoms. The summed E-state index contributed by atoms with van der Waals surface area (Å²) >= 11 is 0. The number of carbonyl (C=O) groups is 2. The summed E-state index contributed by atoms with van der Waals surface area (Å²) in [5.41, 5.74) is 6.33. The Kier molecular flexibility index (Phi) is 5.66. The van der Waals surface area contributed by atoms with Crippen molar-refractivity contribution in [2.75, 3.05) is 13.7 Å². The Morgan fingerprint density at radius 1 is 1.44 bits per heavy atom. The number of methoxy groups -OCH3 is 1. The Labute approximate surface area is 105 Å². The maximum Gasteiger partial charge on any atom is 0.325 e. The first-order valence-corrected chi connectivity index (χ1v) is 5.39. The predicted octanol–water partition coefficient (Wildman–Crippen LogP) is -0.188. The Bertz CT molecular complexity index is 392. The minimum Gasteiger partial charge on any atom is -0.497 e. The summed E-state index contributed by atoms with van der Waals surface area (Å²) in [6.45, 7) is 0.197. The molecule has 1 unspecified atom stereocenters. The van der Waals surface area contributed by atoms with Crippen LogP contribution < -0.4 is 15.8 Å². The van der Waals surface area contributed by atoms with Gasteiger partial charge in [0.2, 0.25) is 6.41 Å². The van der Waals surface area contributed by atoms with Crippen molar-refractivity contribution in [3.63, 3.8) is 0 Å². The van der Waals surface area contributed by atoms with Crippen LogP contribution in [0.1, 0.15) is 5.56 Å². The number of nitrogens with one attached hydrogen (secondary N) is 1. The molecule has 0 aliphatic heterocycles. The number of ether oxygens (including phenoxy) is 2. The Morgan fingerprint density at radius 3 is 2.67 bits per heavy atom. The molecular formula is C12H16N2O4. The predicted molar refractivity (Wildman–Crippen MR) is 64.8 cm³/mol. The number of rotatable bonds is 7. The van der Waals surface area contributed by atoms with Gasteiger partial charge in [-0.3, -0.25) is 9.59 Å². The number of carbonyl (C=O) groups excluding carboxylic acids is 2. The fraction of sp³-hybridized carbons (Fsp3) is 0.333. The van der Waals surface area contributed by atoms with Gasteiger partial charge in [0.1, 0.15) is 18.4 Å². The van der Waals surface area contributed by atoms with Crippen LogP contribution in [0.2, 0.25) is 0 Å². The lowest BCUT2D eigenvalue weighted by Gasteiger charge is -2.11. The van der Waals surface area contributed by atoms with E-state index in [4.69, 9.17) is 15.2 Å². The van der Waals surface area contributed by atoms with Crippen LogP contribution in [-0.2, 0) is 20.9 Å². The molecule has 1 rings (SSSR count). The number of hydrogen-bond acceptors (Lipinski definition) is 5. The van der Waals surface area contributed by atoms with Gasteiger partial charge in [-0.05, 0) is 17.7 Å². The van der Waals surface area contributed by atoms with Gasteiger partial charge in [0.05, 0.1) is 7.11 Å². The minimum absolute atomic E-state index is 0.0605. The lowest BCUT2D eigenvalue weighted by Crippen LogP contribution is -2.41. The molecule has 18 heavy (non-hydrogen) atoms. The third kappa shape index (κ3) is 4.42. The summed E-state index contributed by atoms with van der Waals surface area (Å²) in [5, 5.41) is 2.32. The Balaban J connectivity index is 2.39. The molecule has 0 spiro atoms. The molecule has 0 aromatic heterocycles. The molecule has 3 N–H and O–H groups in total. The van der Waals surface area contributed by atoms with Crippen molar-refractivity contribution < 1.29 is 19.1 Å². The summed E-state index contributed by atoms with van der Waals surface area (Å²) < 4.78 is 10.0. The van der Waals surface area contributed by atoms with E-state index in [1.807, 2.05) is 0 Å². The highest BCUT2D eigenvalue weighted by Crippen LogP contribution is 2.11. The molecule has 0 heterocycles. The van der Waals surface area contributed by atoms with Crippen molar-refractivity contribution in [3.05, 3.63) is 29.8 Å². The summed E-state index contributed by atoms with van der Waals surface area (Å²) in [6.07, 6.45) is 0.483. The van der Waals surface area contributed by atoms with Gasteiger partial charge in [0, 0.05) is 6.54 Å². The van der Waals surface area contributed by atoms with E-state index in [9.17, 15) is 9.59 Å². The molecule has 1 amide bonds. The molecule has 1 aromatic rings. The van der Waals surface area contributed by atoms with Crippen molar-refractivity contribution in [3.8, 4) is 5.75 Å². The first-order valence-electron chi connectivity index (χ1n) is 5.39. The minimum atomic E-state index is -0.853. The molecule has 1 atom stereocenters. The molecule has 1 aromatic carbocycles. The van der Waals surface area contributed by atoms with Gasteiger partial charge in [-0.1, -0.05) is 12.1 Å². The highest BCUT2D eigenvalue weighted by molar-refractivity contribution is 5.76. The van der Waals surface area contributed by atoms with E-state index >= 15 is 0 Å². The van der Waals surface area contributed by atoms with Crippen LogP contribution >= 0.6 is 0 Å². The highest BCUT2D eigenvalue weighted by Gasteiger charge is 2.14. The number of benzene rings is 1. The molecule has 0 saturated carbocycles. The maximum atomic E-state index is 11.4. The molecule has 0 fully saturated rings. The van der Waals surface area contributed by atoms with Gasteiger partial charge in [0.25, 0.3) is 0 Å². The SMILES string of the molecule is COc1ccc(COC(=O)C(N)CNC=O)cc1. The van der Waals surface area contributed by atoms with E-state index in [-0.39, 0.29) is 13.2 Å². The average Bonchev–Trinajstić information content (AvgIpc) is 2.42. The van der Waals surface area contributed by atoms with Crippen LogP contribution in [0.5, 0.6) is 5.75 Å². The largest absolute Gasteiger partial charge is 0.497 e. The van der Waals surface area contributed by atoms with Crippen LogP contribution in [0, 0.1) is 0 Å². The zero-order valence-electron chi connectivity index (χ0n) is 10.1. The Hall–Kier alpha value is -2.08. The number of nitrogens with two attached hydrogens (primary N) is 1. The van der Waals surface area contributed by atoms with Gasteiger partial charge in [-0.15, -0.1) is 0 Å². The first-order chi connectivity index (χ1) is 8.67. The fourth-order valence-corrected chi connectivity index (χ4v) is 1.24. The smallest absolute Gasteiger partial charge is 0.325 e. The highest BCUT2D eigenvalue weighted by atomic mass is 16.5. The van der Waals surface area contributed by atoms with E-state index in [2.05, 4.69) is 5.32 Å². The molecule has 0 aliphatic rings. The maximum absolute atomic E-state index is 11.4. The number of hydrogen-bond donors (Lipinski definition) is 2. The van der Waals surface area contributed by atoms with E-state index in [1.54, 1.807) is 31.4 Å². The second kappa shape index (κ2) is 7.29. The zero-order chi connectivity index (χ0) is 13.4. The standard InChI is InChI=1S/C12H16N2O4/c1-17-10-4-2-9(3-5-10)7-18-12(16)11(13)6-14-8-15/h2-5,8,11H,6-7,13H2,1H3,(H,14,15). The van der Waals surface area contributed by atoms with Crippen molar-refractivity contribution in [1.29, 1.82) is 0 Å². The lowest BCUT2D eigenvalue weighted by atomic mass is 10.2. The molecule has 0 aliphatic carbocycles. The topological polar surface area (TPSA) is 90.7 Å². The normalized spacial score (nSPS) is 11.4. The van der Waals surface area contributed by atoms with Gasteiger partial charge in [-0.25, -0.2) is 0 Å². The summed E-state index contributed by atoms with van der Waals surface area (Å²) in [6, 6.07) is 6.28. The van der Waals surface area contributed by atoms with Gasteiger partial charge < -0.3 is 20.5 Å². The molecular weight excluding hydrogens is 236 g/mol. The van der Waals surface area contributed by atoms with Crippen LogP contribution in [0.3, 0.4) is 0 Å². The van der Waals surface area contributed by atoms with Crippen molar-refractivity contribution in [2.45, 2.75) is 12.6 Å². The third-order valence-electron chi connectivity index (χ3n) is 2.26. The molecule has 0 radical (unpaired) electrons. The third-order valence-corrected chi connectivity index (χ3v) is 2.26. The second-order valence-corrected chi connectivity index (χ2v) is 3.59.